The Hall–Kier alpha value is -1.53. The number of fused-ring (bicyclic) bond motifs is 3. The van der Waals surface area contributed by atoms with Gasteiger partial charge in [-0.1, -0.05) is 73.9 Å². The molecule has 5 aromatic carbocycles. The molecule has 0 atom stereocenters. The second kappa shape index (κ2) is 10.7. The largest absolute Gasteiger partial charge is 3.00 e. The summed E-state index contributed by atoms with van der Waals surface area (Å²) in [7, 11) is 0. The third-order valence-corrected chi connectivity index (χ3v) is 5.67. The van der Waals surface area contributed by atoms with E-state index in [1.165, 1.54) is 68.3 Å². The predicted molar refractivity (Wildman–Crippen MR) is 119 cm³/mol. The molecule has 0 amide bonds. The molecule has 0 aromatic heterocycles. The van der Waals surface area contributed by atoms with Crippen molar-refractivity contribution in [3.8, 4) is 11.1 Å². The monoisotopic (exact) mass is 507 g/mol. The van der Waals surface area contributed by atoms with Gasteiger partial charge in [0, 0.05) is 0 Å². The van der Waals surface area contributed by atoms with Gasteiger partial charge >= 0.3 is 26.2 Å². The van der Waals surface area contributed by atoms with Gasteiger partial charge in [-0.25, -0.2) is 0 Å². The van der Waals surface area contributed by atoms with Crippen LogP contribution < -0.4 is 24.8 Å². The molecule has 0 unspecified atom stereocenters. The van der Waals surface area contributed by atoms with Gasteiger partial charge in [0.25, 0.3) is 0 Å². The number of aryl methyl sites for hydroxylation is 1. The maximum atomic E-state index is 2.40. The zero-order valence-corrected chi connectivity index (χ0v) is 20.9. The van der Waals surface area contributed by atoms with Crippen molar-refractivity contribution in [2.24, 2.45) is 0 Å². The first-order valence-corrected chi connectivity index (χ1v) is 9.94. The molecule has 0 aliphatic heterocycles. The van der Waals surface area contributed by atoms with Crippen molar-refractivity contribution in [1.29, 1.82) is 0 Å². The molecule has 0 heterocycles. The molecule has 0 aliphatic carbocycles. The van der Waals surface area contributed by atoms with E-state index < -0.39 is 0 Å². The maximum absolute atomic E-state index is 2.40. The summed E-state index contributed by atoms with van der Waals surface area (Å²) < 4.78 is 0. The number of hydrogen-bond donors (Lipinski definition) is 0. The number of unbranched alkanes of at least 4 members (excludes halogenated alkanes) is 1. The Morgan fingerprint density at radius 3 is 2.03 bits per heavy atom. The van der Waals surface area contributed by atoms with Crippen molar-refractivity contribution in [2.75, 3.05) is 0 Å². The molecule has 3 heteroatoms. The average Bonchev–Trinajstić information content (AvgIpc) is 3.13. The zero-order chi connectivity index (χ0) is 18.2. The van der Waals surface area contributed by atoms with Crippen LogP contribution in [-0.2, 0) is 32.6 Å². The molecule has 0 saturated carbocycles. The summed E-state index contributed by atoms with van der Waals surface area (Å²) >= 11 is 0. The Morgan fingerprint density at radius 2 is 1.30 bits per heavy atom. The fourth-order valence-electron chi connectivity index (χ4n) is 4.26. The van der Waals surface area contributed by atoms with E-state index in [4.69, 9.17) is 0 Å². The molecular weight excluding hydrogens is 486 g/mol. The van der Waals surface area contributed by atoms with Crippen molar-refractivity contribution >= 4 is 32.3 Å². The van der Waals surface area contributed by atoms with Crippen LogP contribution in [0.15, 0.2) is 84.9 Å². The van der Waals surface area contributed by atoms with Gasteiger partial charge in [0.1, 0.15) is 0 Å². The molecule has 1 radical (unpaired) electrons. The van der Waals surface area contributed by atoms with Crippen LogP contribution in [0.25, 0.3) is 43.4 Å². The van der Waals surface area contributed by atoms with Crippen LogP contribution in [0.1, 0.15) is 25.3 Å². The molecule has 30 heavy (non-hydrogen) atoms. The molecular formula is C27H23Cl2Zr. The van der Waals surface area contributed by atoms with E-state index in [-0.39, 0.29) is 51.0 Å². The summed E-state index contributed by atoms with van der Waals surface area (Å²) in [6.07, 6.45) is 3.67. The zero-order valence-electron chi connectivity index (χ0n) is 17.0. The third kappa shape index (κ3) is 4.55. The van der Waals surface area contributed by atoms with E-state index in [9.17, 15) is 0 Å². The van der Waals surface area contributed by atoms with E-state index >= 15 is 0 Å². The Bertz CT molecular complexity index is 1270. The topological polar surface area (TPSA) is 0 Å². The van der Waals surface area contributed by atoms with Crippen molar-refractivity contribution in [3.05, 3.63) is 90.5 Å². The molecule has 149 valence electrons. The second-order valence-corrected chi connectivity index (χ2v) is 7.50. The van der Waals surface area contributed by atoms with Gasteiger partial charge < -0.3 is 24.8 Å². The van der Waals surface area contributed by atoms with Crippen molar-refractivity contribution in [1.82, 2.24) is 0 Å². The van der Waals surface area contributed by atoms with Crippen LogP contribution in [0, 0.1) is 0 Å². The third-order valence-electron chi connectivity index (χ3n) is 5.67. The smallest absolute Gasteiger partial charge is 1.00 e. The van der Waals surface area contributed by atoms with Gasteiger partial charge in [-0.05, 0) is 45.7 Å². The molecule has 0 aliphatic rings. The Balaban J connectivity index is 0.00000107. The molecule has 0 bridgehead atoms. The summed E-state index contributed by atoms with van der Waals surface area (Å²) in [5.41, 5.74) is 4.14. The summed E-state index contributed by atoms with van der Waals surface area (Å²) in [4.78, 5) is 0. The van der Waals surface area contributed by atoms with Crippen molar-refractivity contribution < 1.29 is 51.0 Å². The summed E-state index contributed by atoms with van der Waals surface area (Å²) in [5.74, 6) is 0. The molecule has 0 spiro atoms. The van der Waals surface area contributed by atoms with E-state index in [1.807, 2.05) is 0 Å². The van der Waals surface area contributed by atoms with Gasteiger partial charge in [0.05, 0.1) is 0 Å². The number of rotatable bonds is 4. The van der Waals surface area contributed by atoms with Crippen LogP contribution in [0.4, 0.5) is 0 Å². The van der Waals surface area contributed by atoms with Gasteiger partial charge in [0.2, 0.25) is 0 Å². The van der Waals surface area contributed by atoms with E-state index in [2.05, 4.69) is 91.9 Å². The maximum Gasteiger partial charge on any atom is 3.00 e. The van der Waals surface area contributed by atoms with Gasteiger partial charge in [-0.15, -0.1) is 34.5 Å². The SMILES string of the molecule is CCCCc1cc2c(-c3cccc4cc5ccccc5cc34)cccc2[cH-]1.[Cl-].[Cl-].[Zr+3]. The molecule has 0 N–H and O–H groups in total. The number of benzene rings is 4. The molecule has 5 rings (SSSR count). The van der Waals surface area contributed by atoms with Gasteiger partial charge in [0.15, 0.2) is 0 Å². The standard InChI is InChI=1S/C27H23.2ClH.Zr/c1-2-3-8-19-15-22-11-6-13-24(26(22)16-19)25-14-7-12-23-17-20-9-4-5-10-21(20)18-27(23)25;;;/h4-7,9-18H,2-3,8H2,1H3;2*1H;/q-1;;;+3/p-2. The van der Waals surface area contributed by atoms with Crippen molar-refractivity contribution in [2.45, 2.75) is 26.2 Å². The molecule has 0 saturated heterocycles. The second-order valence-electron chi connectivity index (χ2n) is 7.50. The predicted octanol–water partition coefficient (Wildman–Crippen LogP) is 1.88. The minimum absolute atomic E-state index is 0. The summed E-state index contributed by atoms with van der Waals surface area (Å²) in [6, 6.07) is 31.5. The normalized spacial score (nSPS) is 10.4. The van der Waals surface area contributed by atoms with Crippen LogP contribution >= 0.6 is 0 Å². The Labute approximate surface area is 210 Å². The first kappa shape index (κ1) is 24.7. The first-order valence-electron chi connectivity index (χ1n) is 9.94. The van der Waals surface area contributed by atoms with Crippen LogP contribution in [0.2, 0.25) is 0 Å². The minimum Gasteiger partial charge on any atom is -1.00 e. The summed E-state index contributed by atoms with van der Waals surface area (Å²) in [6.45, 7) is 2.26. The summed E-state index contributed by atoms with van der Waals surface area (Å²) in [5, 5.41) is 7.98. The fourth-order valence-corrected chi connectivity index (χ4v) is 4.26. The molecule has 5 aromatic rings. The van der Waals surface area contributed by atoms with E-state index in [0.717, 1.165) is 0 Å². The van der Waals surface area contributed by atoms with Crippen LogP contribution in [0.5, 0.6) is 0 Å². The van der Waals surface area contributed by atoms with E-state index in [0.29, 0.717) is 0 Å². The Kier molecular flexibility index (Phi) is 8.80. The first-order chi connectivity index (χ1) is 13.3. The fraction of sp³-hybridized carbons (Fsp3) is 0.148. The van der Waals surface area contributed by atoms with Crippen LogP contribution in [-0.4, -0.2) is 0 Å². The van der Waals surface area contributed by atoms with Gasteiger partial charge in [-0.2, -0.15) is 6.07 Å². The van der Waals surface area contributed by atoms with Gasteiger partial charge in [-0.3, -0.25) is 0 Å². The molecule has 0 nitrogen and oxygen atoms in total. The van der Waals surface area contributed by atoms with E-state index in [1.54, 1.807) is 0 Å². The average molecular weight is 510 g/mol. The van der Waals surface area contributed by atoms with Crippen molar-refractivity contribution in [3.63, 3.8) is 0 Å². The molecule has 0 fully saturated rings. The minimum atomic E-state index is 0. The Morgan fingerprint density at radius 1 is 0.667 bits per heavy atom. The quantitative estimate of drug-likeness (QED) is 0.257. The van der Waals surface area contributed by atoms with Crippen LogP contribution in [0.3, 0.4) is 0 Å². The number of halogens is 2. The number of hydrogen-bond acceptors (Lipinski definition) is 0.